The van der Waals surface area contributed by atoms with Crippen molar-refractivity contribution in [3.8, 4) is 28.8 Å². The predicted molar refractivity (Wildman–Crippen MR) is 117 cm³/mol. The van der Waals surface area contributed by atoms with Gasteiger partial charge < -0.3 is 4.74 Å². The van der Waals surface area contributed by atoms with E-state index in [9.17, 15) is 14.9 Å². The number of ketones is 1. The SMILES string of the molecule is COc1ccc(-[n+]2[nH]oc(=O)c2C(=O)CSc2nc(-c3ccccc3)ccc2C#N)cc1. The number of nitriles is 1. The third-order valence-corrected chi connectivity index (χ3v) is 5.62. The van der Waals surface area contributed by atoms with Crippen molar-refractivity contribution >= 4 is 17.5 Å². The monoisotopic (exact) mass is 445 g/mol. The van der Waals surface area contributed by atoms with Crippen LogP contribution < -0.4 is 15.0 Å². The molecule has 158 valence electrons. The Labute approximate surface area is 187 Å². The van der Waals surface area contributed by atoms with E-state index in [4.69, 9.17) is 9.26 Å². The van der Waals surface area contributed by atoms with Gasteiger partial charge in [-0.3, -0.25) is 9.32 Å². The highest BCUT2D eigenvalue weighted by Gasteiger charge is 2.30. The van der Waals surface area contributed by atoms with Gasteiger partial charge >= 0.3 is 11.3 Å². The van der Waals surface area contributed by atoms with E-state index in [1.54, 1.807) is 43.5 Å². The highest BCUT2D eigenvalue weighted by Crippen LogP contribution is 2.25. The molecule has 0 fully saturated rings. The molecule has 0 spiro atoms. The fourth-order valence-corrected chi connectivity index (χ4v) is 3.87. The number of pyridine rings is 1. The molecule has 0 radical (unpaired) electrons. The van der Waals surface area contributed by atoms with Gasteiger partial charge in [-0.1, -0.05) is 42.1 Å². The van der Waals surface area contributed by atoms with Crippen LogP contribution >= 0.6 is 11.8 Å². The first-order valence-corrected chi connectivity index (χ1v) is 10.5. The lowest BCUT2D eigenvalue weighted by Crippen LogP contribution is -2.41. The second-order valence-electron chi connectivity index (χ2n) is 6.60. The zero-order valence-corrected chi connectivity index (χ0v) is 17.8. The van der Waals surface area contributed by atoms with Gasteiger partial charge in [0.25, 0.3) is 0 Å². The van der Waals surface area contributed by atoms with Crippen LogP contribution in [0.3, 0.4) is 0 Å². The summed E-state index contributed by atoms with van der Waals surface area (Å²) in [5.74, 6) is 0.0762. The molecule has 2 heterocycles. The summed E-state index contributed by atoms with van der Waals surface area (Å²) in [6.45, 7) is 0. The molecule has 0 aliphatic rings. The Kier molecular flexibility index (Phi) is 6.14. The first-order valence-electron chi connectivity index (χ1n) is 9.51. The number of hydrogen-bond acceptors (Lipinski definition) is 7. The summed E-state index contributed by atoms with van der Waals surface area (Å²) in [6.07, 6.45) is 0. The van der Waals surface area contributed by atoms with Crippen LogP contribution in [0, 0.1) is 11.3 Å². The predicted octanol–water partition coefficient (Wildman–Crippen LogP) is 3.16. The number of aromatic nitrogens is 3. The number of H-pyrrole nitrogens is 1. The lowest BCUT2D eigenvalue weighted by Gasteiger charge is -2.06. The largest absolute Gasteiger partial charge is 0.497 e. The van der Waals surface area contributed by atoms with Gasteiger partial charge in [0.1, 0.15) is 16.8 Å². The third-order valence-electron chi connectivity index (χ3n) is 4.63. The summed E-state index contributed by atoms with van der Waals surface area (Å²) in [6, 6.07) is 21.8. The number of ether oxygens (including phenoxy) is 1. The summed E-state index contributed by atoms with van der Waals surface area (Å²) in [5, 5.41) is 12.3. The standard InChI is InChI=1S/C23H16N4O4S/c1-30-18-10-8-17(9-11-18)27-21(23(29)31-26-27)20(28)14-32-22-16(13-24)7-12-19(25-22)15-5-3-2-4-6-15/h2-12H,14H2,1H3/p+1. The Morgan fingerprint density at radius 1 is 1.16 bits per heavy atom. The fraction of sp³-hybridized carbons (Fsp3) is 0.0870. The van der Waals surface area contributed by atoms with Gasteiger partial charge in [-0.05, 0) is 34.2 Å². The van der Waals surface area contributed by atoms with E-state index < -0.39 is 11.4 Å². The minimum Gasteiger partial charge on any atom is -0.497 e. The molecule has 0 atom stereocenters. The first-order chi connectivity index (χ1) is 15.6. The maximum atomic E-state index is 12.9. The molecule has 1 N–H and O–H groups in total. The fourth-order valence-electron chi connectivity index (χ4n) is 3.03. The molecular weight excluding hydrogens is 428 g/mol. The number of nitrogens with zero attached hydrogens (tertiary/aromatic N) is 3. The summed E-state index contributed by atoms with van der Waals surface area (Å²) < 4.78 is 11.3. The average Bonchev–Trinajstić information content (AvgIpc) is 3.24. The average molecular weight is 445 g/mol. The lowest BCUT2D eigenvalue weighted by molar-refractivity contribution is -0.672. The van der Waals surface area contributed by atoms with E-state index in [2.05, 4.69) is 16.3 Å². The van der Waals surface area contributed by atoms with Crippen LogP contribution in [0.1, 0.15) is 16.1 Å². The van der Waals surface area contributed by atoms with Crippen LogP contribution in [0.5, 0.6) is 5.75 Å². The van der Waals surface area contributed by atoms with Gasteiger partial charge in [0.05, 0.1) is 24.1 Å². The second-order valence-corrected chi connectivity index (χ2v) is 7.57. The lowest BCUT2D eigenvalue weighted by atomic mass is 10.1. The number of hydrogen-bond donors (Lipinski definition) is 1. The van der Waals surface area contributed by atoms with E-state index in [0.717, 1.165) is 17.3 Å². The van der Waals surface area contributed by atoms with Crippen LogP contribution in [-0.2, 0) is 0 Å². The van der Waals surface area contributed by atoms with Crippen LogP contribution in [-0.4, -0.2) is 28.9 Å². The second kappa shape index (κ2) is 9.32. The number of rotatable bonds is 7. The molecule has 2 aromatic heterocycles. The molecule has 0 saturated carbocycles. The molecule has 8 nitrogen and oxygen atoms in total. The smallest absolute Gasteiger partial charge is 0.438 e. The zero-order chi connectivity index (χ0) is 22.5. The van der Waals surface area contributed by atoms with Crippen molar-refractivity contribution in [1.82, 2.24) is 10.3 Å². The topological polar surface area (TPSA) is 113 Å². The Morgan fingerprint density at radius 3 is 2.59 bits per heavy atom. The number of thioether (sulfide) groups is 1. The third kappa shape index (κ3) is 4.31. The zero-order valence-electron chi connectivity index (χ0n) is 16.9. The number of nitrogens with one attached hydrogen (secondary N) is 1. The molecule has 0 unspecified atom stereocenters. The highest BCUT2D eigenvalue weighted by atomic mass is 32.2. The maximum absolute atomic E-state index is 12.9. The summed E-state index contributed by atoms with van der Waals surface area (Å²) >= 11 is 1.09. The van der Waals surface area contributed by atoms with Crippen LogP contribution in [0.4, 0.5) is 0 Å². The van der Waals surface area contributed by atoms with Crippen molar-refractivity contribution in [2.75, 3.05) is 12.9 Å². The van der Waals surface area contributed by atoms with Gasteiger partial charge in [0, 0.05) is 17.7 Å². The Hall–Kier alpha value is -4.16. The molecule has 4 aromatic rings. The number of aromatic amines is 1. The number of carbonyl (C=O) groups excluding carboxylic acids is 1. The Balaban J connectivity index is 1.59. The molecular formula is C23H17N4O4S+. The minimum atomic E-state index is -0.780. The van der Waals surface area contributed by atoms with Crippen molar-refractivity contribution < 1.29 is 18.7 Å². The quantitative estimate of drug-likeness (QED) is 0.264. The van der Waals surface area contributed by atoms with Crippen LogP contribution in [0.25, 0.3) is 16.9 Å². The normalized spacial score (nSPS) is 10.5. The minimum absolute atomic E-state index is 0.0985. The van der Waals surface area contributed by atoms with E-state index >= 15 is 0 Å². The van der Waals surface area contributed by atoms with Gasteiger partial charge in [-0.15, -0.1) is 0 Å². The van der Waals surface area contributed by atoms with Gasteiger partial charge in [0.15, 0.2) is 0 Å². The number of methoxy groups -OCH3 is 1. The van der Waals surface area contributed by atoms with Gasteiger partial charge in [0.2, 0.25) is 11.5 Å². The summed E-state index contributed by atoms with van der Waals surface area (Å²) in [5.41, 5.74) is 1.54. The molecule has 0 aliphatic carbocycles. The Morgan fingerprint density at radius 2 is 1.91 bits per heavy atom. The van der Waals surface area contributed by atoms with Crippen molar-refractivity contribution in [1.29, 1.82) is 5.26 Å². The molecule has 32 heavy (non-hydrogen) atoms. The number of Topliss-reactive ketones (excluding diaryl/α,β-unsaturated/α-hetero) is 1. The molecule has 0 saturated heterocycles. The van der Waals surface area contributed by atoms with Crippen molar-refractivity contribution in [3.05, 3.63) is 88.4 Å². The van der Waals surface area contributed by atoms with Crippen molar-refractivity contribution in [3.63, 3.8) is 0 Å². The van der Waals surface area contributed by atoms with E-state index in [0.29, 0.717) is 27.7 Å². The van der Waals surface area contributed by atoms with E-state index in [1.807, 2.05) is 30.3 Å². The summed E-state index contributed by atoms with van der Waals surface area (Å²) in [7, 11) is 1.55. The van der Waals surface area contributed by atoms with E-state index in [-0.39, 0.29) is 11.4 Å². The van der Waals surface area contributed by atoms with Crippen molar-refractivity contribution in [2.45, 2.75) is 5.03 Å². The van der Waals surface area contributed by atoms with Gasteiger partial charge in [-0.2, -0.15) is 5.26 Å². The molecule has 0 bridgehead atoms. The van der Waals surface area contributed by atoms with Crippen LogP contribution in [0.15, 0.2) is 81.1 Å². The van der Waals surface area contributed by atoms with Gasteiger partial charge in [-0.25, -0.2) is 9.78 Å². The molecule has 2 aromatic carbocycles. The molecule has 0 amide bonds. The van der Waals surface area contributed by atoms with Crippen LogP contribution in [0.2, 0.25) is 0 Å². The van der Waals surface area contributed by atoms with E-state index in [1.165, 1.54) is 4.68 Å². The highest BCUT2D eigenvalue weighted by molar-refractivity contribution is 8.00. The first kappa shape index (κ1) is 21.1. The summed E-state index contributed by atoms with van der Waals surface area (Å²) in [4.78, 5) is 29.7. The van der Waals surface area contributed by atoms with Crippen molar-refractivity contribution in [2.24, 2.45) is 0 Å². The number of benzene rings is 2. The maximum Gasteiger partial charge on any atom is 0.438 e. The number of carbonyl (C=O) groups is 1. The molecule has 0 aliphatic heterocycles. The Bertz CT molecular complexity index is 1360. The molecule has 9 heteroatoms. The molecule has 4 rings (SSSR count).